The minimum Gasteiger partial charge on any atom is -0.394 e. The van der Waals surface area contributed by atoms with Crippen molar-refractivity contribution in [1.29, 1.82) is 0 Å². The van der Waals surface area contributed by atoms with Crippen LogP contribution >= 0.6 is 0 Å². The van der Waals surface area contributed by atoms with E-state index in [4.69, 9.17) is 25.8 Å². The van der Waals surface area contributed by atoms with Gasteiger partial charge in [-0.2, -0.15) is 4.98 Å². The summed E-state index contributed by atoms with van der Waals surface area (Å²) in [5.74, 6) is -0.138. The van der Waals surface area contributed by atoms with Gasteiger partial charge in [-0.25, -0.2) is 9.19 Å². The number of H-pyrrole nitrogens is 1. The summed E-state index contributed by atoms with van der Waals surface area (Å²) in [5, 5.41) is 18.8. The van der Waals surface area contributed by atoms with Crippen molar-refractivity contribution < 1.29 is 23.3 Å². The van der Waals surface area contributed by atoms with Crippen LogP contribution in [0.3, 0.4) is 0 Å². The summed E-state index contributed by atoms with van der Waals surface area (Å²) in [6, 6.07) is 0. The van der Waals surface area contributed by atoms with Gasteiger partial charge in [0.2, 0.25) is 5.95 Å². The highest BCUT2D eigenvalue weighted by Gasteiger charge is 2.50. The Morgan fingerprint density at radius 3 is 2.96 bits per heavy atom. The van der Waals surface area contributed by atoms with Crippen LogP contribution in [0.4, 0.5) is 5.95 Å². The number of nitrogens with two attached hydrogens (primary N) is 1. The number of aliphatic hydroxyl groups excluding tert-OH is 2. The maximum Gasteiger partial charge on any atom is 0.280 e. The van der Waals surface area contributed by atoms with Gasteiger partial charge in [-0.05, 0) is 0 Å². The molecular weight excluding hydrogens is 362 g/mol. The molecule has 0 aliphatic carbocycles. The molecule has 0 amide bonds. The second kappa shape index (κ2) is 6.02. The SMILES string of the molecule is COS(=O)(=S)[C@@H]1C(O)[C@H](n2cnc3c(=O)[nH]c(N)nc32)O[C@@H]1CO. The van der Waals surface area contributed by atoms with Crippen LogP contribution in [0.5, 0.6) is 0 Å². The molecule has 2 aromatic heterocycles. The molecule has 0 bridgehead atoms. The molecule has 0 aromatic carbocycles. The Bertz CT molecular complexity index is 925. The molecule has 13 heteroatoms. The highest BCUT2D eigenvalue weighted by molar-refractivity contribution is 8.30. The molecule has 24 heavy (non-hydrogen) atoms. The molecule has 1 fully saturated rings. The van der Waals surface area contributed by atoms with E-state index >= 15 is 0 Å². The number of rotatable bonds is 4. The molecule has 2 aromatic rings. The zero-order chi connectivity index (χ0) is 17.6. The van der Waals surface area contributed by atoms with Crippen LogP contribution in [0.1, 0.15) is 6.23 Å². The number of imidazole rings is 1. The molecule has 1 aliphatic rings. The first-order valence-corrected chi connectivity index (χ1v) is 9.23. The third-order valence-corrected chi connectivity index (χ3v) is 6.57. The normalized spacial score (nSPS) is 29.8. The number of hydrogen-bond donors (Lipinski definition) is 4. The lowest BCUT2D eigenvalue weighted by molar-refractivity contribution is -0.0486. The number of aromatic amines is 1. The molecule has 1 saturated heterocycles. The molecule has 5 N–H and O–H groups in total. The van der Waals surface area contributed by atoms with Gasteiger partial charge < -0.3 is 20.7 Å². The number of nitrogen functional groups attached to an aromatic ring is 1. The molecule has 0 radical (unpaired) electrons. The average molecular weight is 377 g/mol. The quantitative estimate of drug-likeness (QED) is 0.452. The topological polar surface area (TPSA) is 166 Å². The van der Waals surface area contributed by atoms with Crippen molar-refractivity contribution in [2.75, 3.05) is 19.5 Å². The largest absolute Gasteiger partial charge is 0.394 e. The Balaban J connectivity index is 2.10. The molecule has 2 unspecified atom stereocenters. The number of ether oxygens (including phenoxy) is 1. The van der Waals surface area contributed by atoms with E-state index in [0.717, 1.165) is 7.11 Å². The van der Waals surface area contributed by atoms with Crippen molar-refractivity contribution in [3.05, 3.63) is 16.7 Å². The van der Waals surface area contributed by atoms with E-state index < -0.39 is 44.6 Å². The third-order valence-electron chi connectivity index (χ3n) is 3.78. The highest BCUT2D eigenvalue weighted by Crippen LogP contribution is 2.35. The maximum absolute atomic E-state index is 12.3. The van der Waals surface area contributed by atoms with Crippen LogP contribution in [0.2, 0.25) is 0 Å². The number of nitrogens with zero attached hydrogens (tertiary/aromatic N) is 3. The first kappa shape index (κ1) is 17.2. The Labute approximate surface area is 140 Å². The van der Waals surface area contributed by atoms with Gasteiger partial charge in [0.05, 0.1) is 20.0 Å². The van der Waals surface area contributed by atoms with Crippen LogP contribution in [-0.4, -0.2) is 65.1 Å². The Hall–Kier alpha value is -1.64. The van der Waals surface area contributed by atoms with E-state index in [2.05, 4.69) is 15.0 Å². The second-order valence-electron chi connectivity index (χ2n) is 5.14. The van der Waals surface area contributed by atoms with Crippen molar-refractivity contribution in [2.45, 2.75) is 23.7 Å². The van der Waals surface area contributed by atoms with E-state index in [1.165, 1.54) is 10.9 Å². The fourth-order valence-electron chi connectivity index (χ4n) is 2.69. The van der Waals surface area contributed by atoms with Crippen molar-refractivity contribution in [3.63, 3.8) is 0 Å². The van der Waals surface area contributed by atoms with E-state index in [1.807, 2.05) is 0 Å². The molecule has 3 rings (SSSR count). The van der Waals surface area contributed by atoms with Gasteiger partial charge in [-0.15, -0.1) is 0 Å². The molecule has 132 valence electrons. The van der Waals surface area contributed by atoms with E-state index in [0.29, 0.717) is 0 Å². The molecule has 0 saturated carbocycles. The van der Waals surface area contributed by atoms with E-state index in [-0.39, 0.29) is 17.1 Å². The predicted octanol–water partition coefficient (Wildman–Crippen LogP) is -2.37. The summed E-state index contributed by atoms with van der Waals surface area (Å²) in [6.45, 7) is -0.530. The number of fused-ring (bicyclic) bond motifs is 1. The zero-order valence-corrected chi connectivity index (χ0v) is 14.0. The lowest BCUT2D eigenvalue weighted by atomic mass is 10.2. The third kappa shape index (κ3) is 2.58. The first-order chi connectivity index (χ1) is 11.3. The molecule has 1 aliphatic heterocycles. The first-order valence-electron chi connectivity index (χ1n) is 6.76. The Kier molecular flexibility index (Phi) is 4.31. The Morgan fingerprint density at radius 1 is 1.62 bits per heavy atom. The minimum atomic E-state index is -3.35. The summed E-state index contributed by atoms with van der Waals surface area (Å²) in [6.07, 6.45) is -2.29. The average Bonchev–Trinajstić information content (AvgIpc) is 3.08. The summed E-state index contributed by atoms with van der Waals surface area (Å²) in [4.78, 5) is 22.0. The number of aromatic nitrogens is 4. The molecule has 0 spiro atoms. The summed E-state index contributed by atoms with van der Waals surface area (Å²) in [5.41, 5.74) is 5.04. The number of nitrogens with one attached hydrogen (secondary N) is 1. The Morgan fingerprint density at radius 2 is 2.33 bits per heavy atom. The summed E-state index contributed by atoms with van der Waals surface area (Å²) in [7, 11) is -2.20. The van der Waals surface area contributed by atoms with Crippen molar-refractivity contribution in [3.8, 4) is 0 Å². The number of aliphatic hydroxyl groups is 2. The smallest absolute Gasteiger partial charge is 0.280 e. The van der Waals surface area contributed by atoms with Crippen molar-refractivity contribution >= 4 is 37.1 Å². The van der Waals surface area contributed by atoms with Gasteiger partial charge in [-0.1, -0.05) is 0 Å². The van der Waals surface area contributed by atoms with Crippen LogP contribution in [-0.2, 0) is 28.9 Å². The minimum absolute atomic E-state index is 0.00477. The van der Waals surface area contributed by atoms with Gasteiger partial charge >= 0.3 is 0 Å². The van der Waals surface area contributed by atoms with E-state index in [1.54, 1.807) is 0 Å². The fourth-order valence-corrected chi connectivity index (χ4v) is 4.63. The monoisotopic (exact) mass is 377 g/mol. The number of hydrogen-bond acceptors (Lipinski definition) is 10. The fraction of sp³-hybridized carbons (Fsp3) is 0.545. The summed E-state index contributed by atoms with van der Waals surface area (Å²) < 4.78 is 24.0. The lowest BCUT2D eigenvalue weighted by Gasteiger charge is -2.20. The van der Waals surface area contributed by atoms with Gasteiger partial charge in [0.15, 0.2) is 26.2 Å². The standard InChI is InChI=1S/C11H15N5O6S2/c1-21-24(20,23)7-4(2-17)22-10(6(7)18)16-3-13-5-8(16)14-11(12)15-9(5)19/h3-4,6-7,10,17-18H,2H2,1H3,(H3,12,14,15,19)/t4-,6?,7+,10-,24?/m1/s1. The number of anilines is 1. The zero-order valence-electron chi connectivity index (χ0n) is 12.4. The van der Waals surface area contributed by atoms with Crippen LogP contribution in [0, 0.1) is 0 Å². The summed E-state index contributed by atoms with van der Waals surface area (Å²) >= 11 is 4.88. The van der Waals surface area contributed by atoms with Crippen LogP contribution in [0.25, 0.3) is 11.2 Å². The molecule has 5 atom stereocenters. The molecule has 3 heterocycles. The van der Waals surface area contributed by atoms with E-state index in [9.17, 15) is 19.2 Å². The van der Waals surface area contributed by atoms with Gasteiger partial charge in [0, 0.05) is 11.2 Å². The highest BCUT2D eigenvalue weighted by atomic mass is 32.8. The van der Waals surface area contributed by atoms with Gasteiger partial charge in [0.1, 0.15) is 17.5 Å². The second-order valence-corrected chi connectivity index (χ2v) is 8.39. The van der Waals surface area contributed by atoms with Crippen molar-refractivity contribution in [1.82, 2.24) is 19.5 Å². The maximum atomic E-state index is 12.3. The molecule has 11 nitrogen and oxygen atoms in total. The van der Waals surface area contributed by atoms with Gasteiger partial charge in [-0.3, -0.25) is 18.5 Å². The van der Waals surface area contributed by atoms with Crippen molar-refractivity contribution in [2.24, 2.45) is 0 Å². The van der Waals surface area contributed by atoms with Crippen LogP contribution < -0.4 is 11.3 Å². The predicted molar refractivity (Wildman–Crippen MR) is 85.9 cm³/mol. The van der Waals surface area contributed by atoms with Crippen LogP contribution in [0.15, 0.2) is 11.1 Å². The lowest BCUT2D eigenvalue weighted by Crippen LogP contribution is -2.40. The van der Waals surface area contributed by atoms with Gasteiger partial charge in [0.25, 0.3) is 5.56 Å². The molecular formula is C11H15N5O6S2.